The molecule has 2 atom stereocenters. The van der Waals surface area contributed by atoms with Crippen LogP contribution in [0.1, 0.15) is 29.7 Å². The Morgan fingerprint density at radius 2 is 2.18 bits per heavy atom. The Labute approximate surface area is 130 Å². The minimum absolute atomic E-state index is 0.169. The number of hydrogen-bond donors (Lipinski definition) is 1. The third kappa shape index (κ3) is 2.84. The molecule has 0 bridgehead atoms. The summed E-state index contributed by atoms with van der Waals surface area (Å²) in [6.45, 7) is 3.26. The molecule has 2 unspecified atom stereocenters. The summed E-state index contributed by atoms with van der Waals surface area (Å²) >= 11 is 0. The van der Waals surface area contributed by atoms with Crippen molar-refractivity contribution in [1.82, 2.24) is 19.7 Å². The van der Waals surface area contributed by atoms with Crippen molar-refractivity contribution in [2.24, 2.45) is 7.05 Å². The molecule has 0 spiro atoms. The molecule has 22 heavy (non-hydrogen) atoms. The van der Waals surface area contributed by atoms with Crippen molar-refractivity contribution in [2.75, 3.05) is 13.7 Å². The second-order valence-electron chi connectivity index (χ2n) is 5.83. The van der Waals surface area contributed by atoms with Crippen molar-refractivity contribution in [3.8, 4) is 5.75 Å². The molecule has 1 aromatic carbocycles. The van der Waals surface area contributed by atoms with Gasteiger partial charge in [0, 0.05) is 19.6 Å². The number of likely N-dealkylation sites (tertiary alicyclic amines) is 1. The molecule has 0 aliphatic carbocycles. The van der Waals surface area contributed by atoms with Crippen LogP contribution < -0.4 is 4.74 Å². The van der Waals surface area contributed by atoms with Crippen molar-refractivity contribution in [1.29, 1.82) is 0 Å². The lowest BCUT2D eigenvalue weighted by molar-refractivity contribution is 0.171. The average Bonchev–Trinajstić information content (AvgIpc) is 3.04. The summed E-state index contributed by atoms with van der Waals surface area (Å²) in [6.07, 6.45) is 0.412. The number of aliphatic hydroxyl groups excluding tert-OH is 1. The monoisotopic (exact) mass is 302 g/mol. The van der Waals surface area contributed by atoms with Crippen LogP contribution in [-0.2, 0) is 13.6 Å². The van der Waals surface area contributed by atoms with Gasteiger partial charge in [-0.15, -0.1) is 10.2 Å². The first-order chi connectivity index (χ1) is 10.6. The van der Waals surface area contributed by atoms with E-state index in [9.17, 15) is 5.11 Å². The third-order valence-corrected chi connectivity index (χ3v) is 4.39. The number of benzene rings is 1. The molecule has 0 radical (unpaired) electrons. The highest BCUT2D eigenvalue weighted by Crippen LogP contribution is 2.34. The maximum Gasteiger partial charge on any atom is 0.146 e. The Bertz CT molecular complexity index is 655. The Hall–Kier alpha value is -1.92. The zero-order chi connectivity index (χ0) is 15.7. The average molecular weight is 302 g/mol. The first-order valence-corrected chi connectivity index (χ1v) is 7.49. The van der Waals surface area contributed by atoms with Gasteiger partial charge in [0.05, 0.1) is 19.8 Å². The van der Waals surface area contributed by atoms with Crippen LogP contribution in [0.5, 0.6) is 5.75 Å². The van der Waals surface area contributed by atoms with Crippen LogP contribution in [0.25, 0.3) is 0 Å². The maximum absolute atomic E-state index is 10.1. The summed E-state index contributed by atoms with van der Waals surface area (Å²) < 4.78 is 7.30. The predicted octanol–water partition coefficient (Wildman–Crippen LogP) is 1.44. The zero-order valence-electron chi connectivity index (χ0n) is 13.2. The van der Waals surface area contributed by atoms with Gasteiger partial charge in [-0.05, 0) is 31.0 Å². The number of methoxy groups -OCH3 is 1. The van der Waals surface area contributed by atoms with Gasteiger partial charge >= 0.3 is 0 Å². The standard InChI is InChI=1S/C16H22N4O2/c1-11-17-18-16(19(11)2)10-20-9-13(21)8-15(20)12-5-4-6-14(7-12)22-3/h4-7,13,15,21H,8-10H2,1-3H3. The predicted molar refractivity (Wildman–Crippen MR) is 82.5 cm³/mol. The molecule has 2 heterocycles. The Morgan fingerprint density at radius 3 is 2.86 bits per heavy atom. The van der Waals surface area contributed by atoms with Gasteiger partial charge in [-0.2, -0.15) is 0 Å². The van der Waals surface area contributed by atoms with Gasteiger partial charge in [0.25, 0.3) is 0 Å². The number of nitrogens with zero attached hydrogens (tertiary/aromatic N) is 4. The SMILES string of the molecule is COc1cccc(C2CC(O)CN2Cc2nnc(C)n2C)c1. The molecule has 6 heteroatoms. The van der Waals surface area contributed by atoms with E-state index in [0.717, 1.165) is 29.4 Å². The summed E-state index contributed by atoms with van der Waals surface area (Å²) in [5, 5.41) is 18.4. The van der Waals surface area contributed by atoms with Crippen LogP contribution in [0.3, 0.4) is 0 Å². The number of rotatable bonds is 4. The fourth-order valence-electron chi connectivity index (χ4n) is 3.02. The number of aliphatic hydroxyl groups is 1. The first-order valence-electron chi connectivity index (χ1n) is 7.49. The van der Waals surface area contributed by atoms with E-state index in [1.165, 1.54) is 0 Å². The summed E-state index contributed by atoms with van der Waals surface area (Å²) in [7, 11) is 3.64. The largest absolute Gasteiger partial charge is 0.497 e. The Balaban J connectivity index is 1.84. The molecule has 3 rings (SSSR count). The van der Waals surface area contributed by atoms with E-state index in [1.807, 2.05) is 36.7 Å². The highest BCUT2D eigenvalue weighted by atomic mass is 16.5. The second kappa shape index (κ2) is 6.06. The quantitative estimate of drug-likeness (QED) is 0.926. The summed E-state index contributed by atoms with van der Waals surface area (Å²) in [4.78, 5) is 2.25. The van der Waals surface area contributed by atoms with Crippen LogP contribution >= 0.6 is 0 Å². The fourth-order valence-corrected chi connectivity index (χ4v) is 3.02. The number of hydrogen-bond acceptors (Lipinski definition) is 5. The number of aryl methyl sites for hydroxylation is 1. The van der Waals surface area contributed by atoms with Gasteiger partial charge in [0.2, 0.25) is 0 Å². The molecular formula is C16H22N4O2. The number of ether oxygens (including phenoxy) is 1. The lowest BCUT2D eigenvalue weighted by Crippen LogP contribution is -2.26. The molecule has 0 amide bonds. The van der Waals surface area contributed by atoms with Crippen LogP contribution in [0, 0.1) is 6.92 Å². The van der Waals surface area contributed by atoms with E-state index in [-0.39, 0.29) is 12.1 Å². The number of β-amino-alcohol motifs (C(OH)–C–C–N with tert-alkyl or cyclic N) is 1. The van der Waals surface area contributed by atoms with Crippen molar-refractivity contribution < 1.29 is 9.84 Å². The Morgan fingerprint density at radius 1 is 1.36 bits per heavy atom. The molecule has 118 valence electrons. The molecule has 1 aromatic heterocycles. The van der Waals surface area contributed by atoms with Gasteiger partial charge in [-0.25, -0.2) is 0 Å². The van der Waals surface area contributed by atoms with E-state index < -0.39 is 0 Å². The molecule has 1 saturated heterocycles. The minimum atomic E-state index is -0.314. The van der Waals surface area contributed by atoms with Crippen molar-refractivity contribution >= 4 is 0 Å². The molecule has 0 saturated carbocycles. The summed E-state index contributed by atoms with van der Waals surface area (Å²) in [5.41, 5.74) is 1.16. The molecule has 1 fully saturated rings. The van der Waals surface area contributed by atoms with E-state index in [0.29, 0.717) is 13.1 Å². The highest BCUT2D eigenvalue weighted by Gasteiger charge is 2.33. The molecule has 2 aromatic rings. The van der Waals surface area contributed by atoms with E-state index >= 15 is 0 Å². The molecule has 1 N–H and O–H groups in total. The maximum atomic E-state index is 10.1. The van der Waals surface area contributed by atoms with Crippen molar-refractivity contribution in [2.45, 2.75) is 32.0 Å². The zero-order valence-corrected chi connectivity index (χ0v) is 13.2. The second-order valence-corrected chi connectivity index (χ2v) is 5.83. The van der Waals surface area contributed by atoms with Crippen molar-refractivity contribution in [3.05, 3.63) is 41.5 Å². The normalized spacial score (nSPS) is 22.2. The van der Waals surface area contributed by atoms with E-state index in [4.69, 9.17) is 4.74 Å². The van der Waals surface area contributed by atoms with E-state index in [1.54, 1.807) is 7.11 Å². The van der Waals surface area contributed by atoms with Crippen LogP contribution in [0.2, 0.25) is 0 Å². The minimum Gasteiger partial charge on any atom is -0.497 e. The van der Waals surface area contributed by atoms with Gasteiger partial charge in [0.15, 0.2) is 0 Å². The molecular weight excluding hydrogens is 280 g/mol. The van der Waals surface area contributed by atoms with Crippen molar-refractivity contribution in [3.63, 3.8) is 0 Å². The summed E-state index contributed by atoms with van der Waals surface area (Å²) in [6, 6.07) is 8.22. The lowest BCUT2D eigenvalue weighted by atomic mass is 10.0. The number of aromatic nitrogens is 3. The fraction of sp³-hybridized carbons (Fsp3) is 0.500. The summed E-state index contributed by atoms with van der Waals surface area (Å²) in [5.74, 6) is 2.65. The third-order valence-electron chi connectivity index (χ3n) is 4.39. The van der Waals surface area contributed by atoms with Gasteiger partial charge < -0.3 is 14.4 Å². The lowest BCUT2D eigenvalue weighted by Gasteiger charge is -2.24. The molecule has 6 nitrogen and oxygen atoms in total. The van der Waals surface area contributed by atoms with Crippen LogP contribution in [0.15, 0.2) is 24.3 Å². The first kappa shape index (κ1) is 15.0. The smallest absolute Gasteiger partial charge is 0.146 e. The van der Waals surface area contributed by atoms with Crippen LogP contribution in [-0.4, -0.2) is 44.5 Å². The van der Waals surface area contributed by atoms with Gasteiger partial charge in [0.1, 0.15) is 17.4 Å². The molecule has 1 aliphatic heterocycles. The topological polar surface area (TPSA) is 63.4 Å². The van der Waals surface area contributed by atoms with E-state index in [2.05, 4.69) is 21.2 Å². The highest BCUT2D eigenvalue weighted by molar-refractivity contribution is 5.31. The molecule has 1 aliphatic rings. The van der Waals surface area contributed by atoms with Gasteiger partial charge in [-0.1, -0.05) is 12.1 Å². The van der Waals surface area contributed by atoms with Gasteiger partial charge in [-0.3, -0.25) is 4.90 Å². The Kier molecular flexibility index (Phi) is 4.13. The van der Waals surface area contributed by atoms with Crippen LogP contribution in [0.4, 0.5) is 0 Å².